The normalized spacial score (nSPS) is 26.2. The maximum Gasteiger partial charge on any atom is 0.265 e. The molecule has 206 valence electrons. The van der Waals surface area contributed by atoms with E-state index in [-0.39, 0.29) is 40.5 Å². The van der Waals surface area contributed by atoms with Crippen molar-refractivity contribution in [2.75, 3.05) is 26.2 Å². The fraction of sp³-hybridized carbons (Fsp3) is 0.643. The summed E-state index contributed by atoms with van der Waals surface area (Å²) in [6.45, 7) is 8.60. The van der Waals surface area contributed by atoms with Crippen LogP contribution in [0.5, 0.6) is 0 Å². The van der Waals surface area contributed by atoms with E-state index in [4.69, 9.17) is 14.6 Å². The predicted molar refractivity (Wildman–Crippen MR) is 143 cm³/mol. The van der Waals surface area contributed by atoms with Crippen molar-refractivity contribution in [3.8, 4) is 0 Å². The molecule has 0 N–H and O–H groups in total. The van der Waals surface area contributed by atoms with Crippen molar-refractivity contribution in [2.45, 2.75) is 70.8 Å². The predicted octanol–water partition coefficient (Wildman–Crippen LogP) is 4.10. The van der Waals surface area contributed by atoms with Gasteiger partial charge in [0.25, 0.3) is 11.8 Å². The van der Waals surface area contributed by atoms with Gasteiger partial charge in [0.05, 0.1) is 23.3 Å². The lowest BCUT2D eigenvalue weighted by Crippen LogP contribution is -2.62. The summed E-state index contributed by atoms with van der Waals surface area (Å²) in [4.78, 5) is 39.8. The molecule has 2 aliphatic carbocycles. The number of carbonyl (C=O) groups is 2. The molecule has 0 aromatic carbocycles. The second-order valence-electron chi connectivity index (χ2n) is 12.8. The summed E-state index contributed by atoms with van der Waals surface area (Å²) in [6.07, 6.45) is 9.51. The zero-order valence-electron chi connectivity index (χ0n) is 22.7. The van der Waals surface area contributed by atoms with Crippen LogP contribution in [0.1, 0.15) is 97.8 Å². The Morgan fingerprint density at radius 2 is 1.90 bits per heavy atom. The van der Waals surface area contributed by atoms with E-state index in [0.29, 0.717) is 48.7 Å². The third-order valence-corrected chi connectivity index (χ3v) is 10.4. The molecule has 2 amide bonds. The summed E-state index contributed by atoms with van der Waals surface area (Å²) in [5.74, 6) is 1.87. The molecule has 3 atom stereocenters. The van der Waals surface area contributed by atoms with Crippen LogP contribution in [0, 0.1) is 16.7 Å². The van der Waals surface area contributed by atoms with Crippen LogP contribution in [0.15, 0.2) is 28.5 Å². The van der Waals surface area contributed by atoms with E-state index in [1.807, 2.05) is 27.6 Å². The molecule has 5 heterocycles. The zero-order chi connectivity index (χ0) is 26.9. The standard InChI is InChI=1S/C28H35N7O3S/c1-17(35-9-8-21(31-35)18-6-4-5-7-18)24-30-23(32-38-24)20-12-33(26(37)22-11-29-16-39-22)13-28(20)14-34(15-28)25(36)19-10-27(19,2)3/h8-9,11,16-20H,4-7,10,12-15H2,1-3H3/t17?,19-,20+/m1/s1. The molecule has 3 aromatic rings. The summed E-state index contributed by atoms with van der Waals surface area (Å²) < 4.78 is 7.71. The first-order chi connectivity index (χ1) is 18.7. The fourth-order valence-corrected chi connectivity index (χ4v) is 7.52. The van der Waals surface area contributed by atoms with Crippen LogP contribution in [-0.2, 0) is 4.79 Å². The third kappa shape index (κ3) is 4.20. The van der Waals surface area contributed by atoms with Gasteiger partial charge in [0.2, 0.25) is 5.91 Å². The van der Waals surface area contributed by atoms with Crippen LogP contribution in [0.4, 0.5) is 0 Å². The van der Waals surface area contributed by atoms with E-state index in [2.05, 4.69) is 30.1 Å². The summed E-state index contributed by atoms with van der Waals surface area (Å²) in [7, 11) is 0. The highest BCUT2D eigenvalue weighted by Gasteiger charge is 2.61. The maximum absolute atomic E-state index is 13.3. The number of thiazole rings is 1. The van der Waals surface area contributed by atoms with Crippen LogP contribution in [0.3, 0.4) is 0 Å². The molecule has 2 saturated carbocycles. The Balaban J connectivity index is 1.12. The number of carbonyl (C=O) groups excluding carboxylic acids is 2. The number of amides is 2. The first kappa shape index (κ1) is 24.9. The van der Waals surface area contributed by atoms with E-state index in [0.717, 1.165) is 12.1 Å². The Morgan fingerprint density at radius 3 is 2.59 bits per heavy atom. The second kappa shape index (κ2) is 8.97. The van der Waals surface area contributed by atoms with Gasteiger partial charge < -0.3 is 14.3 Å². The van der Waals surface area contributed by atoms with Gasteiger partial charge in [-0.1, -0.05) is 31.8 Å². The first-order valence-corrected chi connectivity index (χ1v) is 15.0. The molecule has 2 saturated heterocycles. The minimum atomic E-state index is -0.277. The minimum Gasteiger partial charge on any atom is -0.341 e. The Bertz CT molecular complexity index is 1380. The van der Waals surface area contributed by atoms with Gasteiger partial charge in [-0.2, -0.15) is 10.1 Å². The van der Waals surface area contributed by atoms with E-state index >= 15 is 0 Å². The van der Waals surface area contributed by atoms with Gasteiger partial charge in [-0.25, -0.2) is 0 Å². The lowest BCUT2D eigenvalue weighted by Gasteiger charge is -2.50. The molecule has 1 unspecified atom stereocenters. The Morgan fingerprint density at radius 1 is 1.15 bits per heavy atom. The van der Waals surface area contributed by atoms with Gasteiger partial charge in [0, 0.05) is 49.6 Å². The summed E-state index contributed by atoms with van der Waals surface area (Å²) in [5.41, 5.74) is 2.63. The quantitative estimate of drug-likeness (QED) is 0.455. The highest BCUT2D eigenvalue weighted by molar-refractivity contribution is 7.11. The van der Waals surface area contributed by atoms with Gasteiger partial charge >= 0.3 is 0 Å². The maximum atomic E-state index is 13.3. The van der Waals surface area contributed by atoms with Gasteiger partial charge in [0.1, 0.15) is 10.9 Å². The first-order valence-electron chi connectivity index (χ1n) is 14.1. The Kier molecular flexibility index (Phi) is 5.73. The topological polar surface area (TPSA) is 110 Å². The average Bonchev–Trinajstić information content (AvgIpc) is 3.63. The van der Waals surface area contributed by atoms with Gasteiger partial charge in [0.15, 0.2) is 5.82 Å². The highest BCUT2D eigenvalue weighted by Crippen LogP contribution is 2.55. The lowest BCUT2D eigenvalue weighted by molar-refractivity contribution is -0.145. The number of nitrogens with zero attached hydrogens (tertiary/aromatic N) is 7. The molecule has 0 radical (unpaired) electrons. The number of aromatic nitrogens is 5. The molecule has 0 bridgehead atoms. The lowest BCUT2D eigenvalue weighted by atomic mass is 9.71. The molecule has 1 spiro atoms. The van der Waals surface area contributed by atoms with Crippen molar-refractivity contribution in [1.82, 2.24) is 34.7 Å². The highest BCUT2D eigenvalue weighted by atomic mass is 32.1. The van der Waals surface area contributed by atoms with Gasteiger partial charge in [-0.05, 0) is 37.7 Å². The average molecular weight is 550 g/mol. The van der Waals surface area contributed by atoms with Crippen LogP contribution >= 0.6 is 11.3 Å². The third-order valence-electron chi connectivity index (χ3n) is 9.64. The molecule has 11 heteroatoms. The van der Waals surface area contributed by atoms with Crippen molar-refractivity contribution < 1.29 is 14.1 Å². The fourth-order valence-electron chi connectivity index (χ4n) is 6.93. The van der Waals surface area contributed by atoms with Gasteiger partial charge in [-0.15, -0.1) is 11.3 Å². The van der Waals surface area contributed by atoms with E-state index in [1.165, 1.54) is 37.0 Å². The summed E-state index contributed by atoms with van der Waals surface area (Å²) in [6, 6.07) is 1.92. The van der Waals surface area contributed by atoms with Crippen LogP contribution < -0.4 is 0 Å². The number of rotatable bonds is 6. The largest absolute Gasteiger partial charge is 0.341 e. The molecular weight excluding hydrogens is 514 g/mol. The number of likely N-dealkylation sites (tertiary alicyclic amines) is 2. The SMILES string of the molecule is CC(c1nc([C@@H]2CN(C(=O)c3cncs3)CC23CN(C(=O)[C@H]2CC2(C)C)C3)no1)n1ccc(C2CCCC2)n1. The minimum absolute atomic E-state index is 0.0273. The van der Waals surface area contributed by atoms with Crippen molar-refractivity contribution in [3.05, 3.63) is 46.3 Å². The van der Waals surface area contributed by atoms with Crippen LogP contribution in [-0.4, -0.2) is 72.7 Å². The Labute approximate surface area is 231 Å². The summed E-state index contributed by atoms with van der Waals surface area (Å²) >= 11 is 1.35. The van der Waals surface area contributed by atoms with E-state index in [1.54, 1.807) is 11.7 Å². The molecule has 7 rings (SSSR count). The molecular formula is C28H35N7O3S. The van der Waals surface area contributed by atoms with E-state index in [9.17, 15) is 9.59 Å². The Hall–Kier alpha value is -3.08. The second-order valence-corrected chi connectivity index (χ2v) is 13.7. The number of hydrogen-bond donors (Lipinski definition) is 0. The van der Waals surface area contributed by atoms with Gasteiger partial charge in [-0.3, -0.25) is 19.3 Å². The smallest absolute Gasteiger partial charge is 0.265 e. The molecule has 39 heavy (non-hydrogen) atoms. The van der Waals surface area contributed by atoms with Crippen molar-refractivity contribution in [1.29, 1.82) is 0 Å². The molecule has 4 fully saturated rings. The number of hydrogen-bond acceptors (Lipinski definition) is 8. The van der Waals surface area contributed by atoms with Crippen molar-refractivity contribution in [2.24, 2.45) is 16.7 Å². The molecule has 10 nitrogen and oxygen atoms in total. The van der Waals surface area contributed by atoms with Crippen LogP contribution in [0.25, 0.3) is 0 Å². The van der Waals surface area contributed by atoms with Crippen LogP contribution in [0.2, 0.25) is 0 Å². The van der Waals surface area contributed by atoms with Crippen molar-refractivity contribution in [3.63, 3.8) is 0 Å². The van der Waals surface area contributed by atoms with E-state index < -0.39 is 0 Å². The molecule has 2 aliphatic heterocycles. The molecule has 4 aliphatic rings. The molecule has 3 aromatic heterocycles. The zero-order valence-corrected chi connectivity index (χ0v) is 23.6. The van der Waals surface area contributed by atoms with Crippen molar-refractivity contribution >= 4 is 23.2 Å². The summed E-state index contributed by atoms with van der Waals surface area (Å²) in [5, 5.41) is 9.27. The monoisotopic (exact) mass is 549 g/mol.